The summed E-state index contributed by atoms with van der Waals surface area (Å²) in [6.45, 7) is 9.03. The van der Waals surface area contributed by atoms with Gasteiger partial charge in [-0.15, -0.1) is 0 Å². The molecule has 25 heavy (non-hydrogen) atoms. The van der Waals surface area contributed by atoms with Crippen molar-refractivity contribution in [2.45, 2.75) is 40.2 Å². The van der Waals surface area contributed by atoms with E-state index in [1.807, 2.05) is 70.2 Å². The predicted molar refractivity (Wildman–Crippen MR) is 100 cm³/mol. The summed E-state index contributed by atoms with van der Waals surface area (Å²) in [5.74, 6) is 1.45. The van der Waals surface area contributed by atoms with Crippen molar-refractivity contribution in [2.24, 2.45) is 0 Å². The number of nitrogens with one attached hydrogen (secondary N) is 1. The van der Waals surface area contributed by atoms with Gasteiger partial charge < -0.3 is 14.8 Å². The van der Waals surface area contributed by atoms with Crippen LogP contribution in [0.3, 0.4) is 0 Å². The maximum Gasteiger partial charge on any atom is 0.224 e. The van der Waals surface area contributed by atoms with E-state index in [1.54, 1.807) is 0 Å². The minimum atomic E-state index is -0.105. The number of carbonyl (C=O) groups excluding carboxylic acids is 1. The molecule has 0 saturated heterocycles. The summed E-state index contributed by atoms with van der Waals surface area (Å²) in [6, 6.07) is 13.6. The Morgan fingerprint density at radius 2 is 1.72 bits per heavy atom. The normalized spacial score (nSPS) is 11.7. The van der Waals surface area contributed by atoms with E-state index in [0.717, 1.165) is 22.4 Å². The lowest BCUT2D eigenvalue weighted by molar-refractivity contribution is -0.121. The summed E-state index contributed by atoms with van der Waals surface area (Å²) in [6.07, 6.45) is 0.381. The highest BCUT2D eigenvalue weighted by Gasteiger charge is 2.14. The van der Waals surface area contributed by atoms with Crippen LogP contribution in [0, 0.1) is 6.92 Å². The Balaban J connectivity index is 2.06. The van der Waals surface area contributed by atoms with E-state index in [-0.39, 0.29) is 11.9 Å². The molecule has 0 radical (unpaired) electrons. The SMILES string of the molecule is CCOc1ccc([C@H](C)NC(=O)Cc2ccccc2C)cc1OCC. The van der Waals surface area contributed by atoms with Gasteiger partial charge in [0, 0.05) is 0 Å². The summed E-state index contributed by atoms with van der Waals surface area (Å²) in [5, 5.41) is 3.06. The van der Waals surface area contributed by atoms with Gasteiger partial charge in [-0.25, -0.2) is 0 Å². The van der Waals surface area contributed by atoms with Crippen molar-refractivity contribution < 1.29 is 14.3 Å². The molecule has 0 saturated carbocycles. The van der Waals surface area contributed by atoms with Gasteiger partial charge in [0.2, 0.25) is 5.91 Å². The second-order valence-electron chi connectivity index (χ2n) is 5.96. The number of amides is 1. The number of hydrogen-bond acceptors (Lipinski definition) is 3. The highest BCUT2D eigenvalue weighted by Crippen LogP contribution is 2.30. The number of benzene rings is 2. The first-order valence-corrected chi connectivity index (χ1v) is 8.78. The van der Waals surface area contributed by atoms with Crippen LogP contribution in [-0.2, 0) is 11.2 Å². The van der Waals surface area contributed by atoms with E-state index in [9.17, 15) is 4.79 Å². The zero-order valence-electron chi connectivity index (χ0n) is 15.5. The van der Waals surface area contributed by atoms with Crippen LogP contribution >= 0.6 is 0 Å². The molecule has 0 heterocycles. The summed E-state index contributed by atoms with van der Waals surface area (Å²) in [7, 11) is 0. The maximum atomic E-state index is 12.4. The van der Waals surface area contributed by atoms with Crippen LogP contribution in [0.15, 0.2) is 42.5 Å². The van der Waals surface area contributed by atoms with E-state index in [0.29, 0.717) is 25.4 Å². The van der Waals surface area contributed by atoms with Gasteiger partial charge in [0.05, 0.1) is 25.7 Å². The van der Waals surface area contributed by atoms with Crippen LogP contribution in [0.4, 0.5) is 0 Å². The zero-order valence-corrected chi connectivity index (χ0v) is 15.5. The van der Waals surface area contributed by atoms with Gasteiger partial charge in [0.25, 0.3) is 0 Å². The summed E-state index contributed by atoms with van der Waals surface area (Å²) in [4.78, 5) is 12.4. The molecule has 0 fully saturated rings. The molecule has 1 atom stereocenters. The highest BCUT2D eigenvalue weighted by molar-refractivity contribution is 5.79. The van der Waals surface area contributed by atoms with Gasteiger partial charge in [0.1, 0.15) is 0 Å². The average molecular weight is 341 g/mol. The van der Waals surface area contributed by atoms with Crippen molar-refractivity contribution >= 4 is 5.91 Å². The van der Waals surface area contributed by atoms with Crippen molar-refractivity contribution in [1.82, 2.24) is 5.32 Å². The number of ether oxygens (including phenoxy) is 2. The van der Waals surface area contributed by atoms with Crippen LogP contribution in [0.5, 0.6) is 11.5 Å². The molecule has 1 N–H and O–H groups in total. The smallest absolute Gasteiger partial charge is 0.224 e. The quantitative estimate of drug-likeness (QED) is 0.782. The molecule has 134 valence electrons. The first-order chi connectivity index (χ1) is 12.0. The van der Waals surface area contributed by atoms with E-state index >= 15 is 0 Å². The molecule has 2 aromatic carbocycles. The molecule has 0 aliphatic rings. The van der Waals surface area contributed by atoms with Crippen molar-refractivity contribution in [1.29, 1.82) is 0 Å². The second-order valence-corrected chi connectivity index (χ2v) is 5.96. The Morgan fingerprint density at radius 3 is 2.40 bits per heavy atom. The minimum Gasteiger partial charge on any atom is -0.490 e. The molecule has 0 bridgehead atoms. The first-order valence-electron chi connectivity index (χ1n) is 8.78. The molecule has 4 heteroatoms. The fraction of sp³-hybridized carbons (Fsp3) is 0.381. The number of rotatable bonds is 8. The molecular weight excluding hydrogens is 314 g/mol. The van der Waals surface area contributed by atoms with E-state index < -0.39 is 0 Å². The van der Waals surface area contributed by atoms with Crippen LogP contribution in [-0.4, -0.2) is 19.1 Å². The Kier molecular flexibility index (Phi) is 6.87. The lowest BCUT2D eigenvalue weighted by Gasteiger charge is -2.18. The van der Waals surface area contributed by atoms with Gasteiger partial charge in [0.15, 0.2) is 11.5 Å². The van der Waals surface area contributed by atoms with E-state index in [4.69, 9.17) is 9.47 Å². The third-order valence-corrected chi connectivity index (χ3v) is 4.06. The fourth-order valence-corrected chi connectivity index (χ4v) is 2.69. The highest BCUT2D eigenvalue weighted by atomic mass is 16.5. The predicted octanol–water partition coefficient (Wildman–Crippen LogP) is 4.21. The summed E-state index contributed by atoms with van der Waals surface area (Å²) >= 11 is 0. The molecule has 0 aromatic heterocycles. The van der Waals surface area contributed by atoms with Crippen molar-refractivity contribution in [3.8, 4) is 11.5 Å². The molecule has 0 aliphatic heterocycles. The molecule has 1 amide bonds. The van der Waals surface area contributed by atoms with Crippen molar-refractivity contribution in [2.75, 3.05) is 13.2 Å². The number of carbonyl (C=O) groups is 1. The van der Waals surface area contributed by atoms with E-state index in [2.05, 4.69) is 5.32 Å². The third kappa shape index (κ3) is 5.24. The number of aryl methyl sites for hydroxylation is 1. The van der Waals surface area contributed by atoms with Crippen LogP contribution in [0.2, 0.25) is 0 Å². The first kappa shape index (κ1) is 18.8. The summed E-state index contributed by atoms with van der Waals surface area (Å²) < 4.78 is 11.2. The van der Waals surface area contributed by atoms with Gasteiger partial charge in [-0.05, 0) is 56.5 Å². The Labute approximate surface area is 150 Å². The molecule has 2 rings (SSSR count). The Hall–Kier alpha value is -2.49. The van der Waals surface area contributed by atoms with Crippen LogP contribution < -0.4 is 14.8 Å². The monoisotopic (exact) mass is 341 g/mol. The lowest BCUT2D eigenvalue weighted by atomic mass is 10.0. The number of hydrogen-bond donors (Lipinski definition) is 1. The molecule has 0 spiro atoms. The third-order valence-electron chi connectivity index (χ3n) is 4.06. The minimum absolute atomic E-state index is 0.00800. The average Bonchev–Trinajstić information content (AvgIpc) is 2.59. The maximum absolute atomic E-state index is 12.4. The van der Waals surface area contributed by atoms with Crippen LogP contribution in [0.25, 0.3) is 0 Å². The van der Waals surface area contributed by atoms with Crippen molar-refractivity contribution in [3.05, 3.63) is 59.2 Å². The van der Waals surface area contributed by atoms with Crippen LogP contribution in [0.1, 0.15) is 43.5 Å². The largest absolute Gasteiger partial charge is 0.490 e. The Bertz CT molecular complexity index is 712. The van der Waals surface area contributed by atoms with E-state index in [1.165, 1.54) is 0 Å². The van der Waals surface area contributed by atoms with Gasteiger partial charge in [-0.2, -0.15) is 0 Å². The summed E-state index contributed by atoms with van der Waals surface area (Å²) in [5.41, 5.74) is 3.17. The molecule has 4 nitrogen and oxygen atoms in total. The van der Waals surface area contributed by atoms with Crippen molar-refractivity contribution in [3.63, 3.8) is 0 Å². The topological polar surface area (TPSA) is 47.6 Å². The zero-order chi connectivity index (χ0) is 18.2. The van der Waals surface area contributed by atoms with Gasteiger partial charge in [-0.1, -0.05) is 30.3 Å². The molecule has 0 aliphatic carbocycles. The molecular formula is C21H27NO3. The second kappa shape index (κ2) is 9.11. The lowest BCUT2D eigenvalue weighted by Crippen LogP contribution is -2.28. The van der Waals surface area contributed by atoms with Gasteiger partial charge in [-0.3, -0.25) is 4.79 Å². The molecule has 2 aromatic rings. The fourth-order valence-electron chi connectivity index (χ4n) is 2.69. The Morgan fingerprint density at radius 1 is 1.04 bits per heavy atom. The molecule has 0 unspecified atom stereocenters. The standard InChI is InChI=1S/C21H27NO3/c1-5-24-19-12-11-18(13-20(19)25-6-2)16(4)22-21(23)14-17-10-8-7-9-15(17)3/h7-13,16H,5-6,14H2,1-4H3,(H,22,23)/t16-/m0/s1. The van der Waals surface area contributed by atoms with Gasteiger partial charge >= 0.3 is 0 Å².